The number of hydrogen-bond donors (Lipinski definition) is 2. The number of nitrogens with zero attached hydrogens (tertiary/aromatic N) is 2. The first-order valence-electron chi connectivity index (χ1n) is 5.77. The highest BCUT2D eigenvalue weighted by Crippen LogP contribution is 2.05. The topological polar surface area (TPSA) is 66.9 Å². The van der Waals surface area contributed by atoms with Crippen molar-refractivity contribution in [1.29, 1.82) is 0 Å². The van der Waals surface area contributed by atoms with Gasteiger partial charge in [0.1, 0.15) is 6.04 Å². The van der Waals surface area contributed by atoms with Gasteiger partial charge >= 0.3 is 0 Å². The lowest BCUT2D eigenvalue weighted by molar-refractivity contribution is -0.122. The van der Waals surface area contributed by atoms with Crippen molar-refractivity contribution in [2.45, 2.75) is 46.7 Å². The molecule has 0 aromatic carbocycles. The van der Waals surface area contributed by atoms with Crippen LogP contribution in [0, 0.1) is 13.8 Å². The van der Waals surface area contributed by atoms with Gasteiger partial charge in [0, 0.05) is 17.4 Å². The Balaban J connectivity index is 2.67. The first-order valence-corrected chi connectivity index (χ1v) is 5.77. The van der Waals surface area contributed by atoms with E-state index in [4.69, 9.17) is 0 Å². The molecule has 17 heavy (non-hydrogen) atoms. The lowest BCUT2D eigenvalue weighted by atomic mass is 10.3. The minimum Gasteiger partial charge on any atom is -0.352 e. The quantitative estimate of drug-likeness (QED) is 0.829. The molecule has 0 bridgehead atoms. The number of amides is 1. The molecule has 1 unspecified atom stereocenters. The molecular formula is C12H20N4O. The van der Waals surface area contributed by atoms with Gasteiger partial charge in [-0.2, -0.15) is 0 Å². The van der Waals surface area contributed by atoms with Crippen LogP contribution in [0.4, 0.5) is 5.95 Å². The van der Waals surface area contributed by atoms with Crippen molar-refractivity contribution in [1.82, 2.24) is 15.3 Å². The largest absolute Gasteiger partial charge is 0.352 e. The molecule has 5 nitrogen and oxygen atoms in total. The molecule has 0 aliphatic carbocycles. The maximum absolute atomic E-state index is 11.7. The van der Waals surface area contributed by atoms with Crippen molar-refractivity contribution in [3.63, 3.8) is 0 Å². The second kappa shape index (κ2) is 5.61. The highest BCUT2D eigenvalue weighted by Gasteiger charge is 2.14. The molecule has 0 fully saturated rings. The fourth-order valence-electron chi connectivity index (χ4n) is 1.46. The Hall–Kier alpha value is -1.65. The second-order valence-electron chi connectivity index (χ2n) is 4.50. The van der Waals surface area contributed by atoms with Crippen LogP contribution < -0.4 is 10.6 Å². The molecule has 0 aliphatic heterocycles. The van der Waals surface area contributed by atoms with Gasteiger partial charge in [-0.25, -0.2) is 9.97 Å². The molecule has 0 saturated heterocycles. The summed E-state index contributed by atoms with van der Waals surface area (Å²) >= 11 is 0. The van der Waals surface area contributed by atoms with E-state index in [1.165, 1.54) is 0 Å². The van der Waals surface area contributed by atoms with Gasteiger partial charge in [0.15, 0.2) is 0 Å². The lowest BCUT2D eigenvalue weighted by Gasteiger charge is -2.16. The molecule has 1 rings (SSSR count). The van der Waals surface area contributed by atoms with E-state index in [9.17, 15) is 4.79 Å². The molecule has 2 N–H and O–H groups in total. The number of aryl methyl sites for hydroxylation is 2. The van der Waals surface area contributed by atoms with Crippen molar-refractivity contribution in [2.24, 2.45) is 0 Å². The Morgan fingerprint density at radius 2 is 1.71 bits per heavy atom. The molecular weight excluding hydrogens is 216 g/mol. The summed E-state index contributed by atoms with van der Waals surface area (Å²) in [6, 6.07) is 1.68. The molecule has 94 valence electrons. The van der Waals surface area contributed by atoms with Gasteiger partial charge < -0.3 is 10.6 Å². The minimum atomic E-state index is -0.349. The number of nitrogens with one attached hydrogen (secondary N) is 2. The zero-order valence-electron chi connectivity index (χ0n) is 11.0. The van der Waals surface area contributed by atoms with E-state index in [-0.39, 0.29) is 18.0 Å². The van der Waals surface area contributed by atoms with Crippen LogP contribution in [0.25, 0.3) is 0 Å². The van der Waals surface area contributed by atoms with Crippen molar-refractivity contribution in [2.75, 3.05) is 5.32 Å². The molecule has 0 radical (unpaired) electrons. The maximum atomic E-state index is 11.7. The van der Waals surface area contributed by atoms with Gasteiger partial charge in [0.05, 0.1) is 0 Å². The molecule has 0 saturated carbocycles. The normalized spacial score (nSPS) is 12.4. The highest BCUT2D eigenvalue weighted by atomic mass is 16.2. The third-order valence-electron chi connectivity index (χ3n) is 2.15. The Bertz CT molecular complexity index is 383. The monoisotopic (exact) mass is 236 g/mol. The van der Waals surface area contributed by atoms with E-state index in [2.05, 4.69) is 20.6 Å². The van der Waals surface area contributed by atoms with Crippen LogP contribution in [0.1, 0.15) is 32.2 Å². The van der Waals surface area contributed by atoms with Gasteiger partial charge in [-0.1, -0.05) is 0 Å². The van der Waals surface area contributed by atoms with E-state index >= 15 is 0 Å². The molecule has 1 amide bonds. The summed E-state index contributed by atoms with van der Waals surface area (Å²) in [6.45, 7) is 9.45. The third-order valence-corrected chi connectivity index (χ3v) is 2.15. The van der Waals surface area contributed by atoms with Crippen molar-refractivity contribution in [3.05, 3.63) is 17.5 Å². The van der Waals surface area contributed by atoms with E-state index in [1.54, 1.807) is 6.92 Å². The third kappa shape index (κ3) is 4.38. The Morgan fingerprint density at radius 3 is 2.18 bits per heavy atom. The SMILES string of the molecule is Cc1cc(C)nc(NC(C)C(=O)NC(C)C)n1. The Morgan fingerprint density at radius 1 is 1.18 bits per heavy atom. The van der Waals surface area contributed by atoms with Crippen LogP contribution in [0.3, 0.4) is 0 Å². The van der Waals surface area contributed by atoms with Crippen molar-refractivity contribution in [3.8, 4) is 0 Å². The predicted molar refractivity (Wildman–Crippen MR) is 67.9 cm³/mol. The van der Waals surface area contributed by atoms with Gasteiger partial charge in [-0.05, 0) is 40.7 Å². The summed E-state index contributed by atoms with van der Waals surface area (Å²) in [5, 5.41) is 5.83. The zero-order valence-corrected chi connectivity index (χ0v) is 11.0. The molecule has 1 atom stereocenters. The molecule has 1 aromatic rings. The summed E-state index contributed by atoms with van der Waals surface area (Å²) < 4.78 is 0. The molecule has 0 spiro atoms. The van der Waals surface area contributed by atoms with Gasteiger partial charge in [-0.3, -0.25) is 4.79 Å². The van der Waals surface area contributed by atoms with Crippen molar-refractivity contribution >= 4 is 11.9 Å². The Labute approximate surface area is 102 Å². The van der Waals surface area contributed by atoms with E-state index in [0.717, 1.165) is 11.4 Å². The lowest BCUT2D eigenvalue weighted by Crippen LogP contribution is -2.41. The van der Waals surface area contributed by atoms with Gasteiger partial charge in [-0.15, -0.1) is 0 Å². The number of carbonyl (C=O) groups is 1. The summed E-state index contributed by atoms with van der Waals surface area (Å²) in [7, 11) is 0. The fraction of sp³-hybridized carbons (Fsp3) is 0.583. The van der Waals surface area contributed by atoms with Crippen LogP contribution in [-0.4, -0.2) is 28.0 Å². The van der Waals surface area contributed by atoms with Crippen LogP contribution in [-0.2, 0) is 4.79 Å². The van der Waals surface area contributed by atoms with Crippen LogP contribution >= 0.6 is 0 Å². The van der Waals surface area contributed by atoms with E-state index in [1.807, 2.05) is 33.8 Å². The van der Waals surface area contributed by atoms with Crippen LogP contribution in [0.15, 0.2) is 6.07 Å². The standard InChI is InChI=1S/C12H20N4O/c1-7(2)13-11(17)10(5)16-12-14-8(3)6-9(4)15-12/h6-7,10H,1-5H3,(H,13,17)(H,14,15,16). The molecule has 1 aromatic heterocycles. The average Bonchev–Trinajstić information content (AvgIpc) is 2.14. The number of carbonyl (C=O) groups excluding carboxylic acids is 1. The number of anilines is 1. The smallest absolute Gasteiger partial charge is 0.242 e. The van der Waals surface area contributed by atoms with Gasteiger partial charge in [0.25, 0.3) is 0 Å². The molecule has 0 aliphatic rings. The first kappa shape index (κ1) is 13.4. The predicted octanol–water partition coefficient (Wildman–Crippen LogP) is 1.42. The van der Waals surface area contributed by atoms with Gasteiger partial charge in [0.2, 0.25) is 11.9 Å². The van der Waals surface area contributed by atoms with E-state index < -0.39 is 0 Å². The number of hydrogen-bond acceptors (Lipinski definition) is 4. The Kier molecular flexibility index (Phi) is 4.43. The summed E-state index contributed by atoms with van der Waals surface area (Å²) in [5.74, 6) is 0.441. The molecule has 5 heteroatoms. The average molecular weight is 236 g/mol. The highest BCUT2D eigenvalue weighted by molar-refractivity contribution is 5.83. The summed E-state index contributed by atoms with van der Waals surface area (Å²) in [6.07, 6.45) is 0. The molecule has 1 heterocycles. The first-order chi connectivity index (χ1) is 7.88. The minimum absolute atomic E-state index is 0.0530. The second-order valence-corrected chi connectivity index (χ2v) is 4.50. The van der Waals surface area contributed by atoms with E-state index in [0.29, 0.717) is 5.95 Å². The summed E-state index contributed by atoms with van der Waals surface area (Å²) in [5.41, 5.74) is 1.77. The maximum Gasteiger partial charge on any atom is 0.242 e. The fourth-order valence-corrected chi connectivity index (χ4v) is 1.46. The zero-order chi connectivity index (χ0) is 13.0. The number of rotatable bonds is 4. The number of aromatic nitrogens is 2. The van der Waals surface area contributed by atoms with Crippen molar-refractivity contribution < 1.29 is 4.79 Å². The summed E-state index contributed by atoms with van der Waals surface area (Å²) in [4.78, 5) is 20.2. The van der Waals surface area contributed by atoms with Crippen LogP contribution in [0.5, 0.6) is 0 Å². The van der Waals surface area contributed by atoms with Crippen LogP contribution in [0.2, 0.25) is 0 Å².